The number of allylic oxidation sites excluding steroid dienone is 1. The van der Waals surface area contributed by atoms with E-state index < -0.39 is 6.04 Å². The summed E-state index contributed by atoms with van der Waals surface area (Å²) in [5.74, 6) is 1.13. The lowest BCUT2D eigenvalue weighted by molar-refractivity contribution is -0.127. The lowest BCUT2D eigenvalue weighted by Crippen LogP contribution is -2.43. The molecule has 0 fully saturated rings. The second kappa shape index (κ2) is 13.4. The van der Waals surface area contributed by atoms with Gasteiger partial charge >= 0.3 is 0 Å². The van der Waals surface area contributed by atoms with Gasteiger partial charge in [0.15, 0.2) is 4.80 Å². The Morgan fingerprint density at radius 3 is 2.52 bits per heavy atom. The highest BCUT2D eigenvalue weighted by atomic mass is 35.5. The van der Waals surface area contributed by atoms with Crippen LogP contribution >= 0.6 is 22.9 Å². The molecule has 46 heavy (non-hydrogen) atoms. The minimum absolute atomic E-state index is 0.147. The zero-order valence-electron chi connectivity index (χ0n) is 26.1. The van der Waals surface area contributed by atoms with Crippen molar-refractivity contribution < 1.29 is 14.3 Å². The molecule has 5 aromatic rings. The number of ether oxygens (including phenoxy) is 2. The summed E-state index contributed by atoms with van der Waals surface area (Å²) in [6.45, 7) is 7.21. The van der Waals surface area contributed by atoms with E-state index in [0.717, 1.165) is 27.5 Å². The van der Waals surface area contributed by atoms with Gasteiger partial charge in [0.1, 0.15) is 24.1 Å². The molecule has 0 saturated heterocycles. The summed E-state index contributed by atoms with van der Waals surface area (Å²) in [5.41, 5.74) is 3.40. The van der Waals surface area contributed by atoms with E-state index in [2.05, 4.69) is 0 Å². The molecule has 0 radical (unpaired) electrons. The lowest BCUT2D eigenvalue weighted by atomic mass is 9.90. The van der Waals surface area contributed by atoms with Gasteiger partial charge in [0, 0.05) is 23.7 Å². The smallest absolute Gasteiger partial charge is 0.271 e. The van der Waals surface area contributed by atoms with Crippen molar-refractivity contribution in [3.63, 3.8) is 0 Å². The quantitative estimate of drug-likeness (QED) is 0.183. The van der Waals surface area contributed by atoms with E-state index in [1.165, 1.54) is 11.3 Å². The van der Waals surface area contributed by atoms with Crippen LogP contribution in [0.25, 0.3) is 16.8 Å². The summed E-state index contributed by atoms with van der Waals surface area (Å²) in [6.07, 6.45) is 1.85. The predicted octanol–water partition coefficient (Wildman–Crippen LogP) is 6.50. The maximum Gasteiger partial charge on any atom is 0.271 e. The van der Waals surface area contributed by atoms with Crippen LogP contribution in [0, 0.1) is 0 Å². The molecule has 2 heterocycles. The van der Waals surface area contributed by atoms with Crippen molar-refractivity contribution in [1.29, 1.82) is 0 Å². The van der Waals surface area contributed by atoms with E-state index in [1.54, 1.807) is 16.6 Å². The van der Waals surface area contributed by atoms with Crippen molar-refractivity contribution in [1.82, 2.24) is 9.47 Å². The maximum atomic E-state index is 14.4. The fourth-order valence-electron chi connectivity index (χ4n) is 5.88. The molecule has 0 N–H and O–H groups in total. The Labute approximate surface area is 276 Å². The fourth-order valence-corrected chi connectivity index (χ4v) is 7.05. The Kier molecular flexibility index (Phi) is 9.10. The molecule has 1 atom stereocenters. The summed E-state index contributed by atoms with van der Waals surface area (Å²) >= 11 is 7.32. The van der Waals surface area contributed by atoms with Gasteiger partial charge in [0.05, 0.1) is 22.9 Å². The SMILES string of the molecule is CCN(CC)C(=O)C1=C(C)N=c2s/c(=C/c3cccc(OCc4ccc(Cl)cc4)c3)c(=O)n2[C@@H]1c1c(OC)ccc2ccccc12. The number of hydrogen-bond donors (Lipinski definition) is 0. The number of nitrogens with zero attached hydrogens (tertiary/aromatic N) is 3. The van der Waals surface area contributed by atoms with E-state index in [1.807, 2.05) is 112 Å². The van der Waals surface area contributed by atoms with Crippen LogP contribution < -0.4 is 24.4 Å². The number of amides is 1. The van der Waals surface area contributed by atoms with Crippen molar-refractivity contribution in [3.8, 4) is 11.5 Å². The highest BCUT2D eigenvalue weighted by Gasteiger charge is 2.36. The Morgan fingerprint density at radius 1 is 1.02 bits per heavy atom. The van der Waals surface area contributed by atoms with Gasteiger partial charge in [-0.25, -0.2) is 4.99 Å². The Bertz CT molecular complexity index is 2150. The first-order valence-corrected chi connectivity index (χ1v) is 16.4. The molecule has 1 amide bonds. The largest absolute Gasteiger partial charge is 0.496 e. The van der Waals surface area contributed by atoms with E-state index >= 15 is 0 Å². The predicted molar refractivity (Wildman–Crippen MR) is 184 cm³/mol. The van der Waals surface area contributed by atoms with Gasteiger partial charge in [0.2, 0.25) is 0 Å². The van der Waals surface area contributed by atoms with Gasteiger partial charge in [-0.15, -0.1) is 0 Å². The molecule has 234 valence electrons. The van der Waals surface area contributed by atoms with Crippen LogP contribution in [0.2, 0.25) is 5.02 Å². The van der Waals surface area contributed by atoms with Gasteiger partial charge in [-0.1, -0.05) is 77.5 Å². The molecular formula is C37H34ClN3O4S. The van der Waals surface area contributed by atoms with Gasteiger partial charge in [-0.05, 0) is 79.1 Å². The Morgan fingerprint density at radius 2 is 1.78 bits per heavy atom. The normalized spacial score (nSPS) is 14.6. The van der Waals surface area contributed by atoms with Gasteiger partial charge in [0.25, 0.3) is 11.5 Å². The molecule has 0 unspecified atom stereocenters. The number of rotatable bonds is 9. The Hall–Kier alpha value is -4.66. The molecule has 0 bridgehead atoms. The summed E-state index contributed by atoms with van der Waals surface area (Å²) < 4.78 is 14.1. The number of fused-ring (bicyclic) bond motifs is 2. The number of carbonyl (C=O) groups is 1. The summed E-state index contributed by atoms with van der Waals surface area (Å²) in [5, 5.41) is 2.57. The standard InChI is InChI=1S/C37H34ClN3O4S/c1-5-40(6-2)36(43)32-23(3)39-37-41(34(32)33-29-13-8-7-11-26(29)16-19-30(33)44-4)35(42)31(46-37)21-25-10-9-12-28(20-25)45-22-24-14-17-27(38)18-15-24/h7-21,34H,5-6,22H2,1-4H3/b31-21+/t34-/m0/s1. The van der Waals surface area contributed by atoms with Crippen molar-refractivity contribution >= 4 is 45.7 Å². The number of carbonyl (C=O) groups excluding carboxylic acids is 1. The van der Waals surface area contributed by atoms with E-state index in [9.17, 15) is 9.59 Å². The van der Waals surface area contributed by atoms with Crippen LogP contribution in [0.3, 0.4) is 0 Å². The molecule has 1 aliphatic rings. The van der Waals surface area contributed by atoms with Gasteiger partial charge in [-0.3, -0.25) is 14.2 Å². The molecule has 0 spiro atoms. The number of methoxy groups -OCH3 is 1. The van der Waals surface area contributed by atoms with Crippen LogP contribution in [-0.4, -0.2) is 35.6 Å². The highest BCUT2D eigenvalue weighted by Crippen LogP contribution is 2.40. The number of benzene rings is 4. The van der Waals surface area contributed by atoms with E-state index in [4.69, 9.17) is 26.1 Å². The maximum absolute atomic E-state index is 14.4. The van der Waals surface area contributed by atoms with Crippen LogP contribution in [-0.2, 0) is 11.4 Å². The minimum Gasteiger partial charge on any atom is -0.496 e. The average Bonchev–Trinajstić information content (AvgIpc) is 3.37. The number of thiazole rings is 1. The molecule has 7 nitrogen and oxygen atoms in total. The Balaban J connectivity index is 1.49. The van der Waals surface area contributed by atoms with Gasteiger partial charge in [-0.2, -0.15) is 0 Å². The topological polar surface area (TPSA) is 73.1 Å². The van der Waals surface area contributed by atoms with Crippen LogP contribution in [0.1, 0.15) is 43.5 Å². The number of hydrogen-bond acceptors (Lipinski definition) is 6. The molecule has 1 aromatic heterocycles. The minimum atomic E-state index is -0.735. The summed E-state index contributed by atoms with van der Waals surface area (Å²) in [6, 6.07) is 26.3. The lowest BCUT2D eigenvalue weighted by Gasteiger charge is -2.30. The zero-order valence-corrected chi connectivity index (χ0v) is 27.7. The van der Waals surface area contributed by atoms with Crippen LogP contribution in [0.4, 0.5) is 0 Å². The fraction of sp³-hybridized carbons (Fsp3) is 0.216. The first kappa shape index (κ1) is 31.3. The van der Waals surface area contributed by atoms with E-state index in [-0.39, 0.29) is 11.5 Å². The molecule has 6 rings (SSSR count). The molecule has 4 aromatic carbocycles. The highest BCUT2D eigenvalue weighted by molar-refractivity contribution is 7.07. The second-order valence-corrected chi connectivity index (χ2v) is 12.4. The third-order valence-corrected chi connectivity index (χ3v) is 9.44. The van der Waals surface area contributed by atoms with Crippen molar-refractivity contribution in [2.24, 2.45) is 4.99 Å². The summed E-state index contributed by atoms with van der Waals surface area (Å²) in [4.78, 5) is 35.7. The molecular weight excluding hydrogens is 618 g/mol. The number of aromatic nitrogens is 1. The monoisotopic (exact) mass is 651 g/mol. The van der Waals surface area contributed by atoms with Crippen LogP contribution in [0.5, 0.6) is 11.5 Å². The van der Waals surface area contributed by atoms with Crippen molar-refractivity contribution in [2.75, 3.05) is 20.2 Å². The zero-order chi connectivity index (χ0) is 32.4. The summed E-state index contributed by atoms with van der Waals surface area (Å²) in [7, 11) is 1.61. The van der Waals surface area contributed by atoms with Crippen LogP contribution in [0.15, 0.2) is 106 Å². The second-order valence-electron chi connectivity index (χ2n) is 10.9. The molecule has 9 heteroatoms. The first-order valence-electron chi connectivity index (χ1n) is 15.2. The van der Waals surface area contributed by atoms with Crippen molar-refractivity contribution in [2.45, 2.75) is 33.4 Å². The van der Waals surface area contributed by atoms with Gasteiger partial charge < -0.3 is 14.4 Å². The molecule has 0 aliphatic carbocycles. The average molecular weight is 652 g/mol. The third-order valence-electron chi connectivity index (χ3n) is 8.20. The number of halogens is 1. The first-order chi connectivity index (χ1) is 22.3. The molecule has 1 aliphatic heterocycles. The molecule has 0 saturated carbocycles. The number of likely N-dealkylation sites (N-methyl/N-ethyl adjacent to an activating group) is 1. The van der Waals surface area contributed by atoms with E-state index in [0.29, 0.717) is 56.8 Å². The third kappa shape index (κ3) is 5.98. The van der Waals surface area contributed by atoms with Crippen molar-refractivity contribution in [3.05, 3.63) is 138 Å².